The number of aryl methyl sites for hydroxylation is 1. The molecule has 2 heterocycles. The number of hydrogen-bond acceptors (Lipinski definition) is 4. The minimum absolute atomic E-state index is 0.228. The molecule has 23 heavy (non-hydrogen) atoms. The summed E-state index contributed by atoms with van der Waals surface area (Å²) in [6.07, 6.45) is 0.369. The van der Waals surface area contributed by atoms with Crippen LogP contribution in [0.4, 0.5) is 0 Å². The predicted octanol–water partition coefficient (Wildman–Crippen LogP) is 3.35. The molecule has 2 N–H and O–H groups in total. The topological polar surface area (TPSA) is 79.3 Å². The monoisotopic (exact) mass is 332 g/mol. The maximum Gasteiger partial charge on any atom is 0.309 e. The van der Waals surface area contributed by atoms with Crippen molar-refractivity contribution in [3.63, 3.8) is 0 Å². The van der Waals surface area contributed by atoms with E-state index in [0.29, 0.717) is 24.2 Å². The molecule has 1 amide bonds. The third kappa shape index (κ3) is 4.16. The first-order valence-electron chi connectivity index (χ1n) is 7.34. The summed E-state index contributed by atoms with van der Waals surface area (Å²) in [4.78, 5) is 28.8. The molecule has 6 heteroatoms. The van der Waals surface area contributed by atoms with Gasteiger partial charge in [-0.05, 0) is 50.8 Å². The van der Waals surface area contributed by atoms with Crippen molar-refractivity contribution in [3.05, 3.63) is 40.9 Å². The van der Waals surface area contributed by atoms with Crippen molar-refractivity contribution in [2.45, 2.75) is 27.2 Å². The molecule has 0 aliphatic carbocycles. The Bertz CT molecular complexity index is 709. The largest absolute Gasteiger partial charge is 0.481 e. The van der Waals surface area contributed by atoms with Gasteiger partial charge < -0.3 is 10.4 Å². The van der Waals surface area contributed by atoms with Gasteiger partial charge in [0.2, 0.25) is 0 Å². The summed E-state index contributed by atoms with van der Waals surface area (Å²) in [6, 6.07) is 7.53. The third-order valence-electron chi connectivity index (χ3n) is 3.72. The minimum Gasteiger partial charge on any atom is -0.481 e. The molecule has 2 rings (SSSR count). The lowest BCUT2D eigenvalue weighted by Gasteiger charge is -2.19. The molecular formula is C17H20N2O3S. The Kier molecular flexibility index (Phi) is 5.15. The van der Waals surface area contributed by atoms with Crippen molar-refractivity contribution >= 4 is 23.2 Å². The SMILES string of the molecule is Cc1nc(-c2cccs2)ccc1C(=O)NCCC(C)(C)C(=O)O. The van der Waals surface area contributed by atoms with Crippen molar-refractivity contribution in [3.8, 4) is 10.6 Å². The molecule has 0 aliphatic rings. The average molecular weight is 332 g/mol. The zero-order valence-electron chi connectivity index (χ0n) is 13.4. The maximum absolute atomic E-state index is 12.2. The van der Waals surface area contributed by atoms with Gasteiger partial charge in [0, 0.05) is 6.54 Å². The van der Waals surface area contributed by atoms with Gasteiger partial charge in [0.1, 0.15) is 0 Å². The summed E-state index contributed by atoms with van der Waals surface area (Å²) in [5.74, 6) is -1.10. The number of nitrogens with one attached hydrogen (secondary N) is 1. The smallest absolute Gasteiger partial charge is 0.309 e. The van der Waals surface area contributed by atoms with Crippen LogP contribution in [0, 0.1) is 12.3 Å². The van der Waals surface area contributed by atoms with E-state index in [4.69, 9.17) is 5.11 Å². The van der Waals surface area contributed by atoms with Crippen molar-refractivity contribution in [2.75, 3.05) is 6.54 Å². The number of pyridine rings is 1. The Morgan fingerprint density at radius 1 is 1.30 bits per heavy atom. The number of nitrogens with zero attached hydrogens (tertiary/aromatic N) is 1. The lowest BCUT2D eigenvalue weighted by Crippen LogP contribution is -2.32. The molecule has 2 aromatic rings. The van der Waals surface area contributed by atoms with E-state index in [2.05, 4.69) is 10.3 Å². The number of hydrogen-bond donors (Lipinski definition) is 2. The fraction of sp³-hybridized carbons (Fsp3) is 0.353. The number of aromatic nitrogens is 1. The zero-order chi connectivity index (χ0) is 17.0. The van der Waals surface area contributed by atoms with E-state index >= 15 is 0 Å². The highest BCUT2D eigenvalue weighted by Gasteiger charge is 2.26. The van der Waals surface area contributed by atoms with E-state index < -0.39 is 11.4 Å². The van der Waals surface area contributed by atoms with Gasteiger partial charge in [-0.25, -0.2) is 0 Å². The predicted molar refractivity (Wildman–Crippen MR) is 90.7 cm³/mol. The van der Waals surface area contributed by atoms with Gasteiger partial charge in [0.25, 0.3) is 5.91 Å². The summed E-state index contributed by atoms with van der Waals surface area (Å²) >= 11 is 1.60. The van der Waals surface area contributed by atoms with Gasteiger partial charge in [-0.15, -0.1) is 11.3 Å². The van der Waals surface area contributed by atoms with Crippen molar-refractivity contribution in [1.29, 1.82) is 0 Å². The standard InChI is InChI=1S/C17H20N2O3S/c1-11-12(6-7-13(19-11)14-5-4-10-23-14)15(20)18-9-8-17(2,3)16(21)22/h4-7,10H,8-9H2,1-3H3,(H,18,20)(H,21,22). The van der Waals surface area contributed by atoms with Crippen LogP contribution in [0.1, 0.15) is 36.3 Å². The van der Waals surface area contributed by atoms with Crippen LogP contribution < -0.4 is 5.32 Å². The summed E-state index contributed by atoms with van der Waals surface area (Å²) in [5, 5.41) is 13.8. The number of carboxylic acid groups (broad SMARTS) is 1. The summed E-state index contributed by atoms with van der Waals surface area (Å²) in [5.41, 5.74) is 1.16. The summed E-state index contributed by atoms with van der Waals surface area (Å²) < 4.78 is 0. The molecule has 0 spiro atoms. The molecule has 0 atom stereocenters. The van der Waals surface area contributed by atoms with E-state index in [-0.39, 0.29) is 5.91 Å². The molecule has 0 unspecified atom stereocenters. The van der Waals surface area contributed by atoms with Gasteiger partial charge in [-0.3, -0.25) is 14.6 Å². The second-order valence-corrected chi connectivity index (χ2v) is 6.95. The van der Waals surface area contributed by atoms with Crippen molar-refractivity contribution < 1.29 is 14.7 Å². The maximum atomic E-state index is 12.2. The van der Waals surface area contributed by atoms with E-state index in [1.807, 2.05) is 23.6 Å². The quantitative estimate of drug-likeness (QED) is 0.850. The normalized spacial score (nSPS) is 11.3. The molecule has 0 saturated carbocycles. The Hall–Kier alpha value is -2.21. The van der Waals surface area contributed by atoms with Gasteiger partial charge in [-0.1, -0.05) is 6.07 Å². The second kappa shape index (κ2) is 6.91. The molecule has 0 radical (unpaired) electrons. The first-order valence-corrected chi connectivity index (χ1v) is 8.22. The van der Waals surface area contributed by atoms with Gasteiger partial charge >= 0.3 is 5.97 Å². The molecule has 0 fully saturated rings. The van der Waals surface area contributed by atoms with E-state index in [1.54, 1.807) is 38.2 Å². The van der Waals surface area contributed by atoms with Crippen LogP contribution in [0.2, 0.25) is 0 Å². The van der Waals surface area contributed by atoms with Gasteiger partial charge in [0.05, 0.1) is 27.2 Å². The highest BCUT2D eigenvalue weighted by molar-refractivity contribution is 7.13. The van der Waals surface area contributed by atoms with Crippen LogP contribution in [-0.2, 0) is 4.79 Å². The number of thiophene rings is 1. The lowest BCUT2D eigenvalue weighted by molar-refractivity contribution is -0.147. The van der Waals surface area contributed by atoms with Gasteiger partial charge in [0.15, 0.2) is 0 Å². The van der Waals surface area contributed by atoms with Crippen LogP contribution in [0.3, 0.4) is 0 Å². The van der Waals surface area contributed by atoms with Crippen LogP contribution in [-0.4, -0.2) is 28.5 Å². The van der Waals surface area contributed by atoms with E-state index in [1.165, 1.54) is 0 Å². The Balaban J connectivity index is 2.02. The number of amides is 1. The number of carbonyl (C=O) groups excluding carboxylic acids is 1. The molecule has 122 valence electrons. The van der Waals surface area contributed by atoms with Gasteiger partial charge in [-0.2, -0.15) is 0 Å². The zero-order valence-corrected chi connectivity index (χ0v) is 14.2. The first-order chi connectivity index (χ1) is 10.8. The minimum atomic E-state index is -0.870. The molecule has 0 bridgehead atoms. The highest BCUT2D eigenvalue weighted by atomic mass is 32.1. The Morgan fingerprint density at radius 3 is 2.61 bits per heavy atom. The van der Waals surface area contributed by atoms with E-state index in [9.17, 15) is 9.59 Å². The third-order valence-corrected chi connectivity index (χ3v) is 4.61. The fourth-order valence-electron chi connectivity index (χ4n) is 2.05. The summed E-state index contributed by atoms with van der Waals surface area (Å²) in [7, 11) is 0. The molecule has 2 aromatic heterocycles. The Morgan fingerprint density at radius 2 is 2.04 bits per heavy atom. The Labute approximate surface area is 139 Å². The fourth-order valence-corrected chi connectivity index (χ4v) is 2.75. The summed E-state index contributed by atoms with van der Waals surface area (Å²) in [6.45, 7) is 5.39. The number of carboxylic acids is 1. The van der Waals surface area contributed by atoms with E-state index in [0.717, 1.165) is 10.6 Å². The highest BCUT2D eigenvalue weighted by Crippen LogP contribution is 2.24. The average Bonchev–Trinajstić information content (AvgIpc) is 3.00. The molecule has 0 aromatic carbocycles. The number of aliphatic carboxylic acids is 1. The first kappa shape index (κ1) is 17.1. The van der Waals surface area contributed by atoms with Crippen LogP contribution in [0.5, 0.6) is 0 Å². The van der Waals surface area contributed by atoms with Crippen LogP contribution in [0.25, 0.3) is 10.6 Å². The van der Waals surface area contributed by atoms with Crippen LogP contribution >= 0.6 is 11.3 Å². The second-order valence-electron chi connectivity index (χ2n) is 6.00. The van der Waals surface area contributed by atoms with Crippen molar-refractivity contribution in [2.24, 2.45) is 5.41 Å². The molecule has 0 saturated heterocycles. The van der Waals surface area contributed by atoms with Crippen molar-refractivity contribution in [1.82, 2.24) is 10.3 Å². The number of carbonyl (C=O) groups is 2. The lowest BCUT2D eigenvalue weighted by atomic mass is 9.90. The van der Waals surface area contributed by atoms with Crippen LogP contribution in [0.15, 0.2) is 29.6 Å². The molecule has 0 aliphatic heterocycles. The molecule has 5 nitrogen and oxygen atoms in total. The molecular weight excluding hydrogens is 312 g/mol. The number of rotatable bonds is 6.